The zero-order valence-corrected chi connectivity index (χ0v) is 16.8. The second kappa shape index (κ2) is 9.12. The molecule has 29 heavy (non-hydrogen) atoms. The predicted molar refractivity (Wildman–Crippen MR) is 116 cm³/mol. The van der Waals surface area contributed by atoms with Gasteiger partial charge in [0, 0.05) is 31.0 Å². The van der Waals surface area contributed by atoms with E-state index in [4.69, 9.17) is 0 Å². The maximum absolute atomic E-state index is 12.4. The molecule has 5 nitrogen and oxygen atoms in total. The zero-order valence-electron chi connectivity index (χ0n) is 16.8. The largest absolute Gasteiger partial charge is 0.372 e. The van der Waals surface area contributed by atoms with Gasteiger partial charge in [0.15, 0.2) is 0 Å². The molecule has 0 radical (unpaired) electrons. The summed E-state index contributed by atoms with van der Waals surface area (Å²) in [6.45, 7) is 2.86. The topological polar surface area (TPSA) is 61.4 Å². The molecule has 1 aliphatic heterocycles. The summed E-state index contributed by atoms with van der Waals surface area (Å²) in [6.07, 6.45) is 4.99. The summed E-state index contributed by atoms with van der Waals surface area (Å²) in [6, 6.07) is 18.3. The van der Waals surface area contributed by atoms with E-state index in [9.17, 15) is 9.59 Å². The molecule has 4 rings (SSSR count). The molecule has 1 heterocycles. The molecule has 2 aromatic rings. The van der Waals surface area contributed by atoms with Crippen LogP contribution in [0.1, 0.15) is 31.2 Å². The Morgan fingerprint density at radius 2 is 1.59 bits per heavy atom. The van der Waals surface area contributed by atoms with Crippen molar-refractivity contribution in [3.8, 4) is 0 Å². The standard InChI is InChI=1S/C24H29N3O2/c28-23(25-14-6-9-18-7-2-1-3-8-18)21-17-22(21)24(29)26-19-10-12-20(13-11-19)27-15-4-5-16-27/h1-3,7-8,10-13,21-22H,4-6,9,14-17H2,(H,25,28)(H,26,29). The number of hydrogen-bond acceptors (Lipinski definition) is 3. The molecular formula is C24H29N3O2. The van der Waals surface area contributed by atoms with Crippen LogP contribution in [0.15, 0.2) is 54.6 Å². The number of hydrogen-bond donors (Lipinski definition) is 2. The first kappa shape index (κ1) is 19.5. The molecular weight excluding hydrogens is 362 g/mol. The lowest BCUT2D eigenvalue weighted by Gasteiger charge is -2.17. The first-order valence-electron chi connectivity index (χ1n) is 10.7. The molecule has 2 unspecified atom stereocenters. The van der Waals surface area contributed by atoms with Gasteiger partial charge in [-0.25, -0.2) is 0 Å². The number of rotatable bonds is 8. The monoisotopic (exact) mass is 391 g/mol. The van der Waals surface area contributed by atoms with Crippen LogP contribution < -0.4 is 15.5 Å². The summed E-state index contributed by atoms with van der Waals surface area (Å²) < 4.78 is 0. The van der Waals surface area contributed by atoms with Gasteiger partial charge >= 0.3 is 0 Å². The van der Waals surface area contributed by atoms with Crippen molar-refractivity contribution in [2.24, 2.45) is 11.8 Å². The van der Waals surface area contributed by atoms with E-state index in [0.29, 0.717) is 13.0 Å². The highest BCUT2D eigenvalue weighted by atomic mass is 16.2. The van der Waals surface area contributed by atoms with E-state index in [1.54, 1.807) is 0 Å². The van der Waals surface area contributed by atoms with Gasteiger partial charge < -0.3 is 15.5 Å². The number of aryl methyl sites for hydroxylation is 1. The second-order valence-electron chi connectivity index (χ2n) is 8.06. The van der Waals surface area contributed by atoms with Gasteiger partial charge in [0.1, 0.15) is 0 Å². The Morgan fingerprint density at radius 3 is 2.31 bits per heavy atom. The normalized spacial score (nSPS) is 20.3. The maximum Gasteiger partial charge on any atom is 0.228 e. The summed E-state index contributed by atoms with van der Waals surface area (Å²) >= 11 is 0. The molecule has 0 spiro atoms. The minimum Gasteiger partial charge on any atom is -0.372 e. The number of nitrogens with one attached hydrogen (secondary N) is 2. The third-order valence-electron chi connectivity index (χ3n) is 5.85. The minimum atomic E-state index is -0.206. The maximum atomic E-state index is 12.4. The van der Waals surface area contributed by atoms with Crippen LogP contribution in [0.5, 0.6) is 0 Å². The van der Waals surface area contributed by atoms with Gasteiger partial charge in [-0.2, -0.15) is 0 Å². The summed E-state index contributed by atoms with van der Waals surface area (Å²) in [7, 11) is 0. The van der Waals surface area contributed by atoms with E-state index in [2.05, 4.69) is 39.8 Å². The molecule has 2 aromatic carbocycles. The number of carbonyl (C=O) groups excluding carboxylic acids is 2. The first-order valence-corrected chi connectivity index (χ1v) is 10.7. The molecule has 2 N–H and O–H groups in total. The van der Waals surface area contributed by atoms with Gasteiger partial charge in [0.2, 0.25) is 11.8 Å². The lowest BCUT2D eigenvalue weighted by atomic mass is 10.1. The smallest absolute Gasteiger partial charge is 0.228 e. The first-order chi connectivity index (χ1) is 14.2. The highest BCUT2D eigenvalue weighted by Gasteiger charge is 2.47. The summed E-state index contributed by atoms with van der Waals surface area (Å²) in [4.78, 5) is 27.1. The third-order valence-corrected chi connectivity index (χ3v) is 5.85. The molecule has 1 aliphatic carbocycles. The fourth-order valence-electron chi connectivity index (χ4n) is 4.02. The molecule has 2 amide bonds. The van der Waals surface area contributed by atoms with Gasteiger partial charge in [-0.3, -0.25) is 9.59 Å². The van der Waals surface area contributed by atoms with Crippen LogP contribution >= 0.6 is 0 Å². The quantitative estimate of drug-likeness (QED) is 0.676. The molecule has 2 atom stereocenters. The van der Waals surface area contributed by atoms with Gasteiger partial charge in [-0.05, 0) is 61.9 Å². The zero-order chi connectivity index (χ0) is 20.1. The molecule has 0 aromatic heterocycles. The van der Waals surface area contributed by atoms with E-state index in [1.165, 1.54) is 24.1 Å². The molecule has 0 bridgehead atoms. The van der Waals surface area contributed by atoms with Crippen LogP contribution in [-0.2, 0) is 16.0 Å². The fourth-order valence-corrected chi connectivity index (χ4v) is 4.02. The van der Waals surface area contributed by atoms with Gasteiger partial charge in [0.05, 0.1) is 11.8 Å². The highest BCUT2D eigenvalue weighted by molar-refractivity contribution is 5.99. The fraction of sp³-hybridized carbons (Fsp3) is 0.417. The summed E-state index contributed by atoms with van der Waals surface area (Å²) in [5.74, 6) is -0.441. The van der Waals surface area contributed by atoms with Crippen LogP contribution in [0.3, 0.4) is 0 Å². The Bertz CT molecular complexity index is 829. The second-order valence-corrected chi connectivity index (χ2v) is 8.06. The summed E-state index contributed by atoms with van der Waals surface area (Å²) in [5.41, 5.74) is 3.28. The molecule has 152 valence electrons. The Labute approximate surface area is 172 Å². The molecule has 2 fully saturated rings. The van der Waals surface area contributed by atoms with Crippen molar-refractivity contribution in [2.45, 2.75) is 32.1 Å². The SMILES string of the molecule is O=C(NCCCc1ccccc1)C1CC1C(=O)Nc1ccc(N2CCCC2)cc1. The van der Waals surface area contributed by atoms with E-state index < -0.39 is 0 Å². The van der Waals surface area contributed by atoms with Crippen LogP contribution in [0, 0.1) is 11.8 Å². The van der Waals surface area contributed by atoms with Crippen molar-refractivity contribution < 1.29 is 9.59 Å². The molecule has 1 saturated carbocycles. The van der Waals surface area contributed by atoms with Crippen molar-refractivity contribution in [1.82, 2.24) is 5.32 Å². The molecule has 1 saturated heterocycles. The van der Waals surface area contributed by atoms with Crippen molar-refractivity contribution in [3.63, 3.8) is 0 Å². The Hall–Kier alpha value is -2.82. The lowest BCUT2D eigenvalue weighted by molar-refractivity contribution is -0.125. The van der Waals surface area contributed by atoms with Crippen molar-refractivity contribution in [1.29, 1.82) is 0 Å². The number of nitrogens with zero attached hydrogens (tertiary/aromatic N) is 1. The number of carbonyl (C=O) groups is 2. The Balaban J connectivity index is 1.17. The van der Waals surface area contributed by atoms with E-state index in [-0.39, 0.29) is 23.7 Å². The summed E-state index contributed by atoms with van der Waals surface area (Å²) in [5, 5.41) is 5.94. The average molecular weight is 392 g/mol. The number of benzene rings is 2. The number of anilines is 2. The van der Waals surface area contributed by atoms with Crippen LogP contribution in [0.4, 0.5) is 11.4 Å². The van der Waals surface area contributed by atoms with Crippen LogP contribution in [-0.4, -0.2) is 31.4 Å². The van der Waals surface area contributed by atoms with Gasteiger partial charge in [0.25, 0.3) is 0 Å². The van der Waals surface area contributed by atoms with Gasteiger partial charge in [-0.1, -0.05) is 30.3 Å². The van der Waals surface area contributed by atoms with Crippen LogP contribution in [0.2, 0.25) is 0 Å². The van der Waals surface area contributed by atoms with E-state index in [0.717, 1.165) is 31.6 Å². The molecule has 2 aliphatic rings. The third kappa shape index (κ3) is 5.17. The molecule has 5 heteroatoms. The van der Waals surface area contributed by atoms with E-state index >= 15 is 0 Å². The van der Waals surface area contributed by atoms with Gasteiger partial charge in [-0.15, -0.1) is 0 Å². The van der Waals surface area contributed by atoms with Crippen LogP contribution in [0.25, 0.3) is 0 Å². The van der Waals surface area contributed by atoms with E-state index in [1.807, 2.05) is 30.3 Å². The van der Waals surface area contributed by atoms with Crippen molar-refractivity contribution >= 4 is 23.2 Å². The number of amides is 2. The van der Waals surface area contributed by atoms with Crippen molar-refractivity contribution in [2.75, 3.05) is 29.9 Å². The van der Waals surface area contributed by atoms with Crippen molar-refractivity contribution in [3.05, 3.63) is 60.2 Å². The highest BCUT2D eigenvalue weighted by Crippen LogP contribution is 2.39. The minimum absolute atomic E-state index is 0.00240. The lowest BCUT2D eigenvalue weighted by Crippen LogP contribution is -2.28. The Morgan fingerprint density at radius 1 is 0.897 bits per heavy atom. The average Bonchev–Trinajstić information content (AvgIpc) is 3.38. The predicted octanol–water partition coefficient (Wildman–Crippen LogP) is 3.61. The Kier molecular flexibility index (Phi) is 6.13.